The summed E-state index contributed by atoms with van der Waals surface area (Å²) in [6.45, 7) is 6.04. The number of ether oxygens (including phenoxy) is 1. The van der Waals surface area contributed by atoms with E-state index in [1.807, 2.05) is 6.92 Å². The van der Waals surface area contributed by atoms with Crippen LogP contribution in [0.15, 0.2) is 12.1 Å². The lowest BCUT2D eigenvalue weighted by atomic mass is 10.1. The van der Waals surface area contributed by atoms with Gasteiger partial charge in [-0.05, 0) is 50.8 Å². The SMILES string of the molecule is CCNCc1cc(C)nc(OC2CCCCCC2)c1. The fourth-order valence-corrected chi connectivity index (χ4v) is 2.67. The molecule has 1 heterocycles. The lowest BCUT2D eigenvalue weighted by Gasteiger charge is -2.17. The van der Waals surface area contributed by atoms with E-state index in [0.717, 1.165) is 24.7 Å². The Kier molecular flexibility index (Phi) is 5.64. The molecule has 1 aromatic rings. The second-order valence-electron chi connectivity index (χ2n) is 5.47. The van der Waals surface area contributed by atoms with Gasteiger partial charge in [0.05, 0.1) is 0 Å². The van der Waals surface area contributed by atoms with Gasteiger partial charge in [-0.25, -0.2) is 4.98 Å². The Balaban J connectivity index is 1.99. The van der Waals surface area contributed by atoms with E-state index in [2.05, 4.69) is 29.4 Å². The minimum Gasteiger partial charge on any atom is -0.474 e. The fraction of sp³-hybridized carbons (Fsp3) is 0.688. The van der Waals surface area contributed by atoms with E-state index < -0.39 is 0 Å². The molecule has 1 fully saturated rings. The summed E-state index contributed by atoms with van der Waals surface area (Å²) >= 11 is 0. The number of hydrogen-bond acceptors (Lipinski definition) is 3. The monoisotopic (exact) mass is 262 g/mol. The van der Waals surface area contributed by atoms with E-state index in [9.17, 15) is 0 Å². The lowest BCUT2D eigenvalue weighted by molar-refractivity contribution is 0.176. The summed E-state index contributed by atoms with van der Waals surface area (Å²) in [4.78, 5) is 4.52. The van der Waals surface area contributed by atoms with E-state index >= 15 is 0 Å². The molecular formula is C16H26N2O. The smallest absolute Gasteiger partial charge is 0.214 e. The van der Waals surface area contributed by atoms with E-state index in [1.54, 1.807) is 0 Å². The van der Waals surface area contributed by atoms with Crippen LogP contribution in [0.2, 0.25) is 0 Å². The molecule has 1 N–H and O–H groups in total. The summed E-state index contributed by atoms with van der Waals surface area (Å²) in [5.74, 6) is 0.805. The topological polar surface area (TPSA) is 34.2 Å². The normalized spacial score (nSPS) is 17.2. The van der Waals surface area contributed by atoms with Crippen LogP contribution in [0.4, 0.5) is 0 Å². The van der Waals surface area contributed by atoms with Gasteiger partial charge in [-0.3, -0.25) is 0 Å². The van der Waals surface area contributed by atoms with Crippen LogP contribution in [-0.2, 0) is 6.54 Å². The molecule has 0 aromatic carbocycles. The van der Waals surface area contributed by atoms with E-state index in [-0.39, 0.29) is 0 Å². The van der Waals surface area contributed by atoms with Crippen molar-refractivity contribution < 1.29 is 4.74 Å². The van der Waals surface area contributed by atoms with Crippen LogP contribution in [0.5, 0.6) is 5.88 Å². The van der Waals surface area contributed by atoms with Crippen LogP contribution in [0.3, 0.4) is 0 Å². The molecule has 1 aliphatic carbocycles. The highest BCUT2D eigenvalue weighted by atomic mass is 16.5. The molecule has 0 radical (unpaired) electrons. The first-order valence-corrected chi connectivity index (χ1v) is 7.63. The fourth-order valence-electron chi connectivity index (χ4n) is 2.67. The van der Waals surface area contributed by atoms with Gasteiger partial charge in [0.2, 0.25) is 5.88 Å². The number of hydrogen-bond donors (Lipinski definition) is 1. The zero-order valence-electron chi connectivity index (χ0n) is 12.2. The van der Waals surface area contributed by atoms with E-state index in [4.69, 9.17) is 4.74 Å². The Hall–Kier alpha value is -1.09. The van der Waals surface area contributed by atoms with Crippen molar-refractivity contribution in [2.75, 3.05) is 6.54 Å². The van der Waals surface area contributed by atoms with Crippen LogP contribution in [0.25, 0.3) is 0 Å². The summed E-state index contributed by atoms with van der Waals surface area (Å²) < 4.78 is 6.10. The van der Waals surface area contributed by atoms with Crippen molar-refractivity contribution in [2.24, 2.45) is 0 Å². The van der Waals surface area contributed by atoms with Crippen molar-refractivity contribution in [2.45, 2.75) is 65.0 Å². The summed E-state index contributed by atoms with van der Waals surface area (Å²) in [5.41, 5.74) is 2.30. The molecule has 0 saturated heterocycles. The third-order valence-electron chi connectivity index (χ3n) is 3.66. The largest absolute Gasteiger partial charge is 0.474 e. The number of pyridine rings is 1. The molecule has 3 heteroatoms. The Morgan fingerprint density at radius 3 is 2.63 bits per heavy atom. The molecule has 0 amide bonds. The quantitative estimate of drug-likeness (QED) is 0.823. The minimum atomic E-state index is 0.365. The molecule has 0 aliphatic heterocycles. The molecule has 3 nitrogen and oxygen atoms in total. The van der Waals surface area contributed by atoms with Crippen molar-refractivity contribution in [1.29, 1.82) is 0 Å². The van der Waals surface area contributed by atoms with Gasteiger partial charge >= 0.3 is 0 Å². The molecule has 0 unspecified atom stereocenters. The van der Waals surface area contributed by atoms with Gasteiger partial charge in [-0.2, -0.15) is 0 Å². The summed E-state index contributed by atoms with van der Waals surface area (Å²) in [7, 11) is 0. The molecule has 0 bridgehead atoms. The molecule has 1 aromatic heterocycles. The van der Waals surface area contributed by atoms with Gasteiger partial charge < -0.3 is 10.1 Å². The molecule has 0 atom stereocenters. The van der Waals surface area contributed by atoms with E-state index in [0.29, 0.717) is 6.10 Å². The minimum absolute atomic E-state index is 0.365. The highest BCUT2D eigenvalue weighted by Gasteiger charge is 2.14. The highest BCUT2D eigenvalue weighted by molar-refractivity contribution is 5.24. The number of aromatic nitrogens is 1. The second kappa shape index (κ2) is 7.49. The summed E-state index contributed by atoms with van der Waals surface area (Å²) in [6.07, 6.45) is 8.01. The molecule has 0 spiro atoms. The first-order chi connectivity index (χ1) is 9.28. The van der Waals surface area contributed by atoms with Crippen LogP contribution in [0, 0.1) is 6.92 Å². The number of rotatable bonds is 5. The Morgan fingerprint density at radius 2 is 1.95 bits per heavy atom. The van der Waals surface area contributed by atoms with Crippen molar-refractivity contribution >= 4 is 0 Å². The highest BCUT2D eigenvalue weighted by Crippen LogP contribution is 2.22. The van der Waals surface area contributed by atoms with Gasteiger partial charge in [0, 0.05) is 18.3 Å². The van der Waals surface area contributed by atoms with Crippen molar-refractivity contribution in [3.05, 3.63) is 23.4 Å². The zero-order valence-corrected chi connectivity index (χ0v) is 12.2. The first kappa shape index (κ1) is 14.3. The van der Waals surface area contributed by atoms with Gasteiger partial charge in [0.15, 0.2) is 0 Å². The van der Waals surface area contributed by atoms with Gasteiger partial charge in [-0.15, -0.1) is 0 Å². The van der Waals surface area contributed by atoms with Crippen LogP contribution in [0.1, 0.15) is 56.7 Å². The summed E-state index contributed by atoms with van der Waals surface area (Å²) in [5, 5.41) is 3.35. The van der Waals surface area contributed by atoms with Crippen LogP contribution in [-0.4, -0.2) is 17.6 Å². The lowest BCUT2D eigenvalue weighted by Crippen LogP contribution is -2.17. The maximum absolute atomic E-state index is 6.10. The van der Waals surface area contributed by atoms with Gasteiger partial charge in [0.1, 0.15) is 6.10 Å². The predicted octanol–water partition coefficient (Wildman–Crippen LogP) is 3.60. The van der Waals surface area contributed by atoms with Crippen molar-refractivity contribution in [3.8, 4) is 5.88 Å². The van der Waals surface area contributed by atoms with Gasteiger partial charge in [-0.1, -0.05) is 19.8 Å². The number of nitrogens with one attached hydrogen (secondary N) is 1. The Labute approximate surface area is 116 Å². The van der Waals surface area contributed by atoms with Crippen LogP contribution >= 0.6 is 0 Å². The second-order valence-corrected chi connectivity index (χ2v) is 5.47. The Bertz CT molecular complexity index is 384. The molecule has 1 aliphatic rings. The maximum Gasteiger partial charge on any atom is 0.214 e. The van der Waals surface area contributed by atoms with Crippen molar-refractivity contribution in [3.63, 3.8) is 0 Å². The standard InChI is InChI=1S/C16H26N2O/c1-3-17-12-14-10-13(2)18-16(11-14)19-15-8-6-4-5-7-9-15/h10-11,15,17H,3-9,12H2,1-2H3. The third-order valence-corrected chi connectivity index (χ3v) is 3.66. The summed E-state index contributed by atoms with van der Waals surface area (Å²) in [6, 6.07) is 4.21. The van der Waals surface area contributed by atoms with Crippen molar-refractivity contribution in [1.82, 2.24) is 10.3 Å². The van der Waals surface area contributed by atoms with Gasteiger partial charge in [0.25, 0.3) is 0 Å². The molecular weight excluding hydrogens is 236 g/mol. The average molecular weight is 262 g/mol. The molecule has 1 saturated carbocycles. The maximum atomic E-state index is 6.10. The molecule has 19 heavy (non-hydrogen) atoms. The number of aryl methyl sites for hydroxylation is 1. The molecule has 2 rings (SSSR count). The zero-order chi connectivity index (χ0) is 13.5. The first-order valence-electron chi connectivity index (χ1n) is 7.63. The predicted molar refractivity (Wildman–Crippen MR) is 78.5 cm³/mol. The third kappa shape index (κ3) is 4.83. The Morgan fingerprint density at radius 1 is 1.21 bits per heavy atom. The average Bonchev–Trinajstić information content (AvgIpc) is 2.64. The van der Waals surface area contributed by atoms with E-state index in [1.165, 1.54) is 44.1 Å². The van der Waals surface area contributed by atoms with Crippen LogP contribution < -0.4 is 10.1 Å². The number of nitrogens with zero attached hydrogens (tertiary/aromatic N) is 1. The molecule has 106 valence electrons.